The molecule has 0 saturated heterocycles. The molecule has 0 bridgehead atoms. The van der Waals surface area contributed by atoms with Crippen LogP contribution in [-0.4, -0.2) is 9.78 Å². The summed E-state index contributed by atoms with van der Waals surface area (Å²) in [4.78, 5) is 0.839. The Morgan fingerprint density at radius 3 is 2.78 bits per heavy atom. The molecule has 2 aromatic rings. The van der Waals surface area contributed by atoms with Crippen LogP contribution < -0.4 is 5.73 Å². The monoisotopic (exact) mass is 285 g/mol. The van der Waals surface area contributed by atoms with E-state index in [1.54, 1.807) is 10.7 Å². The maximum Gasteiger partial charge on any atom is 0.125 e. The zero-order chi connectivity index (χ0) is 13.3. The molecule has 96 valence electrons. The SMILES string of the molecule is Cc1nn(C)c(CSc2ccc(F)cc2N)c1Cl. The van der Waals surface area contributed by atoms with Crippen molar-refractivity contribution in [2.24, 2.45) is 7.05 Å². The van der Waals surface area contributed by atoms with Gasteiger partial charge in [0.25, 0.3) is 0 Å². The lowest BCUT2D eigenvalue weighted by atomic mass is 10.3. The van der Waals surface area contributed by atoms with E-state index in [4.69, 9.17) is 17.3 Å². The maximum absolute atomic E-state index is 12.9. The van der Waals surface area contributed by atoms with Crippen molar-refractivity contribution in [1.29, 1.82) is 0 Å². The molecule has 0 unspecified atom stereocenters. The van der Waals surface area contributed by atoms with Gasteiger partial charge in [0, 0.05) is 23.4 Å². The second kappa shape index (κ2) is 5.20. The lowest BCUT2D eigenvalue weighted by Gasteiger charge is -2.06. The minimum Gasteiger partial charge on any atom is -0.398 e. The summed E-state index contributed by atoms with van der Waals surface area (Å²) in [5, 5.41) is 4.91. The van der Waals surface area contributed by atoms with E-state index in [0.717, 1.165) is 16.3 Å². The van der Waals surface area contributed by atoms with E-state index >= 15 is 0 Å². The molecule has 0 saturated carbocycles. The molecule has 0 aliphatic heterocycles. The Labute approximate surface area is 114 Å². The third-order valence-electron chi connectivity index (χ3n) is 2.60. The van der Waals surface area contributed by atoms with E-state index in [9.17, 15) is 4.39 Å². The lowest BCUT2D eigenvalue weighted by molar-refractivity contribution is 0.627. The summed E-state index contributed by atoms with van der Waals surface area (Å²) in [5.74, 6) is 0.317. The number of nitrogens with two attached hydrogens (primary N) is 1. The summed E-state index contributed by atoms with van der Waals surface area (Å²) < 4.78 is 14.7. The fourth-order valence-corrected chi connectivity index (χ4v) is 2.95. The van der Waals surface area contributed by atoms with Crippen molar-refractivity contribution in [2.45, 2.75) is 17.6 Å². The standard InChI is InChI=1S/C12H13ClFN3S/c1-7-12(13)10(17(2)16-7)6-18-11-4-3-8(14)5-9(11)15/h3-5H,6,15H2,1-2H3. The third-order valence-corrected chi connectivity index (χ3v) is 4.19. The van der Waals surface area contributed by atoms with Crippen LogP contribution in [0.3, 0.4) is 0 Å². The van der Waals surface area contributed by atoms with Gasteiger partial charge in [0.15, 0.2) is 0 Å². The van der Waals surface area contributed by atoms with E-state index in [-0.39, 0.29) is 5.82 Å². The van der Waals surface area contributed by atoms with Gasteiger partial charge >= 0.3 is 0 Å². The number of hydrogen-bond acceptors (Lipinski definition) is 3. The van der Waals surface area contributed by atoms with Gasteiger partial charge in [-0.25, -0.2) is 4.39 Å². The van der Waals surface area contributed by atoms with Crippen LogP contribution in [0.1, 0.15) is 11.4 Å². The van der Waals surface area contributed by atoms with Crippen LogP contribution in [0.4, 0.5) is 10.1 Å². The number of rotatable bonds is 3. The lowest BCUT2D eigenvalue weighted by Crippen LogP contribution is -1.97. The average molecular weight is 286 g/mol. The Kier molecular flexibility index (Phi) is 3.82. The highest BCUT2D eigenvalue weighted by molar-refractivity contribution is 7.98. The van der Waals surface area contributed by atoms with Gasteiger partial charge in [0.1, 0.15) is 5.82 Å². The normalized spacial score (nSPS) is 10.9. The molecule has 6 heteroatoms. The summed E-state index contributed by atoms with van der Waals surface area (Å²) in [7, 11) is 1.85. The smallest absolute Gasteiger partial charge is 0.125 e. The van der Waals surface area contributed by atoms with E-state index < -0.39 is 0 Å². The van der Waals surface area contributed by atoms with E-state index in [2.05, 4.69) is 5.10 Å². The number of thioether (sulfide) groups is 1. The number of halogens is 2. The minimum atomic E-state index is -0.328. The topological polar surface area (TPSA) is 43.8 Å². The average Bonchev–Trinajstić information content (AvgIpc) is 2.53. The first kappa shape index (κ1) is 13.2. The molecule has 0 aliphatic rings. The van der Waals surface area contributed by atoms with Crippen LogP contribution in [-0.2, 0) is 12.8 Å². The number of nitrogens with zero attached hydrogens (tertiary/aromatic N) is 2. The predicted molar refractivity (Wildman–Crippen MR) is 73.3 cm³/mol. The third kappa shape index (κ3) is 2.62. The highest BCUT2D eigenvalue weighted by Crippen LogP contribution is 2.31. The Bertz CT molecular complexity index is 583. The highest BCUT2D eigenvalue weighted by atomic mass is 35.5. The molecule has 0 spiro atoms. The zero-order valence-corrected chi connectivity index (χ0v) is 11.6. The first-order chi connectivity index (χ1) is 8.49. The van der Waals surface area contributed by atoms with Gasteiger partial charge in [0.05, 0.1) is 16.4 Å². The first-order valence-electron chi connectivity index (χ1n) is 5.35. The zero-order valence-electron chi connectivity index (χ0n) is 10.1. The quantitative estimate of drug-likeness (QED) is 0.694. The second-order valence-corrected chi connectivity index (χ2v) is 5.34. The van der Waals surface area contributed by atoms with Gasteiger partial charge in [-0.1, -0.05) is 11.6 Å². The van der Waals surface area contributed by atoms with Crippen molar-refractivity contribution in [3.63, 3.8) is 0 Å². The van der Waals surface area contributed by atoms with Crippen LogP contribution >= 0.6 is 23.4 Å². The van der Waals surface area contributed by atoms with E-state index in [1.807, 2.05) is 14.0 Å². The molecular formula is C12H13ClFN3S. The van der Waals surface area contributed by atoms with Crippen molar-refractivity contribution < 1.29 is 4.39 Å². The molecule has 18 heavy (non-hydrogen) atoms. The molecule has 0 amide bonds. The number of aryl methyl sites for hydroxylation is 2. The Morgan fingerprint density at radius 1 is 1.50 bits per heavy atom. The van der Waals surface area contributed by atoms with Crippen molar-refractivity contribution in [3.8, 4) is 0 Å². The van der Waals surface area contributed by atoms with Gasteiger partial charge < -0.3 is 5.73 Å². The summed E-state index contributed by atoms with van der Waals surface area (Å²) >= 11 is 7.67. The van der Waals surface area contributed by atoms with Crippen LogP contribution in [0.15, 0.2) is 23.1 Å². The van der Waals surface area contributed by atoms with Crippen molar-refractivity contribution in [2.75, 3.05) is 5.73 Å². The Hall–Kier alpha value is -1.20. The summed E-state index contributed by atoms with van der Waals surface area (Å²) in [6.07, 6.45) is 0. The molecule has 1 aromatic carbocycles. The number of anilines is 1. The fourth-order valence-electron chi connectivity index (χ4n) is 1.63. The van der Waals surface area contributed by atoms with Gasteiger partial charge in [-0.2, -0.15) is 5.10 Å². The van der Waals surface area contributed by atoms with Gasteiger partial charge in [-0.05, 0) is 25.1 Å². The number of nitrogen functional groups attached to an aromatic ring is 1. The van der Waals surface area contributed by atoms with Gasteiger partial charge in [-0.3, -0.25) is 4.68 Å². The molecule has 3 nitrogen and oxygen atoms in total. The predicted octanol–water partition coefficient (Wildman–Crippen LogP) is 3.40. The number of aromatic nitrogens is 2. The van der Waals surface area contributed by atoms with Crippen LogP contribution in [0.5, 0.6) is 0 Å². The second-order valence-electron chi connectivity index (χ2n) is 3.94. The minimum absolute atomic E-state index is 0.328. The summed E-state index contributed by atoms with van der Waals surface area (Å²) in [5.41, 5.74) is 7.93. The Balaban J connectivity index is 2.16. The molecule has 2 rings (SSSR count). The number of hydrogen-bond donors (Lipinski definition) is 1. The van der Waals surface area contributed by atoms with Crippen molar-refractivity contribution in [3.05, 3.63) is 40.4 Å². The van der Waals surface area contributed by atoms with Gasteiger partial charge in [0.2, 0.25) is 0 Å². The number of benzene rings is 1. The van der Waals surface area contributed by atoms with E-state index in [0.29, 0.717) is 16.5 Å². The first-order valence-corrected chi connectivity index (χ1v) is 6.71. The van der Waals surface area contributed by atoms with Crippen LogP contribution in [0.25, 0.3) is 0 Å². The van der Waals surface area contributed by atoms with Crippen LogP contribution in [0, 0.1) is 12.7 Å². The molecule has 1 heterocycles. The Morgan fingerprint density at radius 2 is 2.22 bits per heavy atom. The maximum atomic E-state index is 12.9. The molecule has 0 fully saturated rings. The summed E-state index contributed by atoms with van der Waals surface area (Å²) in [6.45, 7) is 1.86. The molecule has 0 radical (unpaired) electrons. The van der Waals surface area contributed by atoms with Crippen molar-refractivity contribution in [1.82, 2.24) is 9.78 Å². The van der Waals surface area contributed by atoms with Crippen molar-refractivity contribution >= 4 is 29.1 Å². The van der Waals surface area contributed by atoms with Gasteiger partial charge in [-0.15, -0.1) is 11.8 Å². The van der Waals surface area contributed by atoms with E-state index in [1.165, 1.54) is 23.9 Å². The summed E-state index contributed by atoms with van der Waals surface area (Å²) in [6, 6.07) is 4.39. The molecule has 0 atom stereocenters. The highest BCUT2D eigenvalue weighted by Gasteiger charge is 2.12. The molecule has 2 N–H and O–H groups in total. The van der Waals surface area contributed by atoms with Crippen LogP contribution in [0.2, 0.25) is 5.02 Å². The largest absolute Gasteiger partial charge is 0.398 e. The molecule has 1 aromatic heterocycles. The fraction of sp³-hybridized carbons (Fsp3) is 0.250. The molecular weight excluding hydrogens is 273 g/mol. The molecule has 0 aliphatic carbocycles.